The van der Waals surface area contributed by atoms with Crippen LogP contribution in [0.4, 0.5) is 4.79 Å². The van der Waals surface area contributed by atoms with Crippen molar-refractivity contribution >= 4 is 18.0 Å². The van der Waals surface area contributed by atoms with E-state index in [1.165, 1.54) is 6.08 Å². The fourth-order valence-corrected chi connectivity index (χ4v) is 3.69. The average Bonchev–Trinajstić information content (AvgIpc) is 2.90. The van der Waals surface area contributed by atoms with Gasteiger partial charge in [-0.2, -0.15) is 0 Å². The van der Waals surface area contributed by atoms with Crippen LogP contribution in [-0.2, 0) is 19.1 Å². The highest BCUT2D eigenvalue weighted by Gasteiger charge is 2.58. The van der Waals surface area contributed by atoms with Gasteiger partial charge in [0.15, 0.2) is 5.60 Å². The molecule has 1 N–H and O–H groups in total. The zero-order chi connectivity index (χ0) is 17.8. The lowest BCUT2D eigenvalue weighted by Crippen LogP contribution is -2.60. The van der Waals surface area contributed by atoms with Crippen LogP contribution in [0.1, 0.15) is 25.0 Å². The first-order chi connectivity index (χ1) is 11.9. The molecule has 7 nitrogen and oxygen atoms in total. The first kappa shape index (κ1) is 15.8. The summed E-state index contributed by atoms with van der Waals surface area (Å²) in [5, 5.41) is 10.6. The Kier molecular flexibility index (Phi) is 3.43. The molecule has 3 heterocycles. The highest BCUT2D eigenvalue weighted by atomic mass is 16.6. The Balaban J connectivity index is 1.62. The standard InChI is InChI=1S/C18H17NO6/c1-10-14(11-5-3-2-4-6-11)25-17(22)19(10)15(20)13-9-12-7-8-18(13,23)16(21)24-12/h2-8,10,12-14,23H,9H2,1H3/t10-,12-,13-,14-,18-/m1/s1. The number of nitrogens with zero attached hydrogens (tertiary/aromatic N) is 1. The highest BCUT2D eigenvalue weighted by Crippen LogP contribution is 2.41. The minimum absolute atomic E-state index is 0.143. The van der Waals surface area contributed by atoms with Crippen molar-refractivity contribution in [1.82, 2.24) is 4.90 Å². The van der Waals surface area contributed by atoms with Gasteiger partial charge in [-0.05, 0) is 24.6 Å². The number of hydrogen-bond acceptors (Lipinski definition) is 6. The third kappa shape index (κ3) is 2.26. The maximum atomic E-state index is 13.0. The molecule has 0 unspecified atom stereocenters. The van der Waals surface area contributed by atoms with Crippen molar-refractivity contribution in [2.24, 2.45) is 5.92 Å². The van der Waals surface area contributed by atoms with Gasteiger partial charge in [0, 0.05) is 6.42 Å². The highest BCUT2D eigenvalue weighted by molar-refractivity contribution is 6.00. The van der Waals surface area contributed by atoms with Crippen LogP contribution in [0.15, 0.2) is 42.5 Å². The monoisotopic (exact) mass is 343 g/mol. The number of carbonyl (C=O) groups is 3. The molecular formula is C18H17NO6. The van der Waals surface area contributed by atoms with E-state index in [1.54, 1.807) is 13.0 Å². The van der Waals surface area contributed by atoms with E-state index in [2.05, 4.69) is 0 Å². The van der Waals surface area contributed by atoms with Crippen LogP contribution in [-0.4, -0.2) is 45.7 Å². The molecule has 2 saturated heterocycles. The molecule has 3 aliphatic heterocycles. The second-order valence-electron chi connectivity index (χ2n) is 6.58. The van der Waals surface area contributed by atoms with E-state index in [0.29, 0.717) is 0 Å². The van der Waals surface area contributed by atoms with Crippen molar-refractivity contribution in [3.8, 4) is 0 Å². The Morgan fingerprint density at radius 1 is 1.24 bits per heavy atom. The molecule has 0 saturated carbocycles. The smallest absolute Gasteiger partial charge is 0.417 e. The number of amides is 2. The Hall–Kier alpha value is -2.67. The zero-order valence-corrected chi connectivity index (χ0v) is 13.5. The van der Waals surface area contributed by atoms with Crippen molar-refractivity contribution in [2.45, 2.75) is 37.2 Å². The van der Waals surface area contributed by atoms with Crippen molar-refractivity contribution in [2.75, 3.05) is 0 Å². The predicted octanol–water partition coefficient (Wildman–Crippen LogP) is 1.33. The maximum Gasteiger partial charge on any atom is 0.417 e. The van der Waals surface area contributed by atoms with Gasteiger partial charge in [-0.1, -0.05) is 30.3 Å². The number of aliphatic hydroxyl groups is 1. The number of ether oxygens (including phenoxy) is 2. The van der Waals surface area contributed by atoms with Crippen LogP contribution in [0.5, 0.6) is 0 Å². The molecule has 5 atom stereocenters. The van der Waals surface area contributed by atoms with E-state index in [4.69, 9.17) is 9.47 Å². The quantitative estimate of drug-likeness (QED) is 0.643. The molecule has 1 aromatic rings. The van der Waals surface area contributed by atoms with E-state index in [0.717, 1.165) is 10.5 Å². The molecule has 1 aromatic carbocycles. The molecule has 0 spiro atoms. The normalized spacial score (nSPS) is 36.3. The Morgan fingerprint density at radius 2 is 1.96 bits per heavy atom. The number of carbonyl (C=O) groups excluding carboxylic acids is 3. The average molecular weight is 343 g/mol. The van der Waals surface area contributed by atoms with Crippen LogP contribution in [0.3, 0.4) is 0 Å². The molecule has 7 heteroatoms. The zero-order valence-electron chi connectivity index (χ0n) is 13.5. The molecule has 5 rings (SSSR count). The number of hydrogen-bond donors (Lipinski definition) is 1. The maximum absolute atomic E-state index is 13.0. The van der Waals surface area contributed by atoms with Crippen LogP contribution in [0.2, 0.25) is 0 Å². The van der Waals surface area contributed by atoms with Gasteiger partial charge < -0.3 is 14.6 Å². The van der Waals surface area contributed by atoms with Crippen LogP contribution >= 0.6 is 0 Å². The van der Waals surface area contributed by atoms with E-state index in [1.807, 2.05) is 30.3 Å². The van der Waals surface area contributed by atoms with Crippen molar-refractivity contribution in [1.29, 1.82) is 0 Å². The minimum atomic E-state index is -2.03. The van der Waals surface area contributed by atoms with Gasteiger partial charge in [0.25, 0.3) is 0 Å². The van der Waals surface area contributed by atoms with E-state index in [9.17, 15) is 19.5 Å². The van der Waals surface area contributed by atoms with Gasteiger partial charge in [0.05, 0.1) is 12.0 Å². The van der Waals surface area contributed by atoms with E-state index < -0.39 is 47.7 Å². The summed E-state index contributed by atoms with van der Waals surface area (Å²) in [7, 11) is 0. The summed E-state index contributed by atoms with van der Waals surface area (Å²) in [4.78, 5) is 38.2. The summed E-state index contributed by atoms with van der Waals surface area (Å²) in [5.74, 6) is -2.54. The molecular weight excluding hydrogens is 326 g/mol. The van der Waals surface area contributed by atoms with Crippen molar-refractivity contribution in [3.05, 3.63) is 48.0 Å². The van der Waals surface area contributed by atoms with Gasteiger partial charge in [0.2, 0.25) is 5.91 Å². The molecule has 2 bridgehead atoms. The fraction of sp³-hybridized carbons (Fsp3) is 0.389. The van der Waals surface area contributed by atoms with Gasteiger partial charge >= 0.3 is 12.1 Å². The molecule has 1 aliphatic carbocycles. The van der Waals surface area contributed by atoms with Gasteiger partial charge in [-0.15, -0.1) is 0 Å². The summed E-state index contributed by atoms with van der Waals surface area (Å²) in [6, 6.07) is 8.58. The number of esters is 1. The second kappa shape index (κ2) is 5.42. The first-order valence-corrected chi connectivity index (χ1v) is 8.13. The Bertz CT molecular complexity index is 775. The van der Waals surface area contributed by atoms with Crippen molar-refractivity contribution < 1.29 is 29.0 Å². The molecule has 0 aromatic heterocycles. The molecule has 2 fully saturated rings. The molecule has 130 valence electrons. The number of fused-ring (bicyclic) bond motifs is 2. The Labute approximate surface area is 143 Å². The van der Waals surface area contributed by atoms with Crippen molar-refractivity contribution in [3.63, 3.8) is 0 Å². The second-order valence-corrected chi connectivity index (χ2v) is 6.58. The van der Waals surface area contributed by atoms with Crippen LogP contribution < -0.4 is 0 Å². The lowest BCUT2D eigenvalue weighted by atomic mass is 9.75. The van der Waals surface area contributed by atoms with E-state index >= 15 is 0 Å². The lowest BCUT2D eigenvalue weighted by Gasteiger charge is -2.42. The number of cyclic esters (lactones) is 1. The van der Waals surface area contributed by atoms with Crippen LogP contribution in [0.25, 0.3) is 0 Å². The fourth-order valence-electron chi connectivity index (χ4n) is 3.69. The minimum Gasteiger partial charge on any atom is -0.456 e. The SMILES string of the molecule is C[C@@H]1[C@H](c2ccccc2)OC(=O)N1C(=O)[C@H]1C[C@H]2C=C[C@]1(O)C(=O)O2. The van der Waals surface area contributed by atoms with E-state index in [-0.39, 0.29) is 6.42 Å². The summed E-state index contributed by atoms with van der Waals surface area (Å²) in [6.45, 7) is 1.71. The number of benzene rings is 1. The van der Waals surface area contributed by atoms with Gasteiger partial charge in [-0.25, -0.2) is 14.5 Å². The molecule has 25 heavy (non-hydrogen) atoms. The van der Waals surface area contributed by atoms with Gasteiger partial charge in [0.1, 0.15) is 12.2 Å². The Morgan fingerprint density at radius 3 is 2.64 bits per heavy atom. The topological polar surface area (TPSA) is 93.1 Å². The molecule has 2 amide bonds. The summed E-state index contributed by atoms with van der Waals surface area (Å²) in [5.41, 5.74) is -1.25. The lowest BCUT2D eigenvalue weighted by molar-refractivity contribution is -0.189. The number of imide groups is 1. The summed E-state index contributed by atoms with van der Waals surface area (Å²) < 4.78 is 10.4. The van der Waals surface area contributed by atoms with Gasteiger partial charge in [-0.3, -0.25) is 4.79 Å². The summed E-state index contributed by atoms with van der Waals surface area (Å²) in [6.07, 6.45) is 1.07. The molecule has 0 radical (unpaired) electrons. The third-order valence-corrected chi connectivity index (χ3v) is 5.08. The third-order valence-electron chi connectivity index (χ3n) is 5.08. The predicted molar refractivity (Wildman–Crippen MR) is 84.0 cm³/mol. The number of rotatable bonds is 2. The van der Waals surface area contributed by atoms with Crippen LogP contribution in [0, 0.1) is 5.92 Å². The molecule has 4 aliphatic rings. The first-order valence-electron chi connectivity index (χ1n) is 8.13. The summed E-state index contributed by atoms with van der Waals surface area (Å²) >= 11 is 0. The largest absolute Gasteiger partial charge is 0.456 e.